The van der Waals surface area contributed by atoms with Gasteiger partial charge in [0.2, 0.25) is 0 Å². The molecule has 17 heavy (non-hydrogen) atoms. The second kappa shape index (κ2) is 5.97. The highest BCUT2D eigenvalue weighted by Gasteiger charge is 2.10. The maximum Gasteiger partial charge on any atom is 0.150 e. The van der Waals surface area contributed by atoms with E-state index in [2.05, 4.69) is 45.7 Å². The van der Waals surface area contributed by atoms with Crippen LogP contribution >= 0.6 is 0 Å². The van der Waals surface area contributed by atoms with Crippen molar-refractivity contribution in [3.05, 3.63) is 34.9 Å². The van der Waals surface area contributed by atoms with Crippen LogP contribution in [0.4, 0.5) is 0 Å². The first-order valence-electron chi connectivity index (χ1n) is 6.24. The van der Waals surface area contributed by atoms with Gasteiger partial charge < -0.3 is 0 Å². The SMILES string of the molecule is CC(C)c1ccc(C=O)c(CN(C)C(C)C)c1. The minimum Gasteiger partial charge on any atom is -0.300 e. The lowest BCUT2D eigenvalue weighted by Crippen LogP contribution is -2.26. The summed E-state index contributed by atoms with van der Waals surface area (Å²) < 4.78 is 0. The van der Waals surface area contributed by atoms with Crippen LogP contribution in [0, 0.1) is 0 Å². The third kappa shape index (κ3) is 3.67. The van der Waals surface area contributed by atoms with Crippen LogP contribution < -0.4 is 0 Å². The summed E-state index contributed by atoms with van der Waals surface area (Å²) >= 11 is 0. The summed E-state index contributed by atoms with van der Waals surface area (Å²) in [6, 6.07) is 6.63. The first kappa shape index (κ1) is 13.9. The van der Waals surface area contributed by atoms with Gasteiger partial charge in [0.15, 0.2) is 0 Å². The van der Waals surface area contributed by atoms with Crippen LogP contribution in [0.1, 0.15) is 55.1 Å². The molecule has 0 aliphatic heterocycles. The lowest BCUT2D eigenvalue weighted by Gasteiger charge is -2.22. The van der Waals surface area contributed by atoms with Crippen LogP contribution in [0.25, 0.3) is 0 Å². The Morgan fingerprint density at radius 3 is 2.35 bits per heavy atom. The molecule has 0 radical (unpaired) electrons. The highest BCUT2D eigenvalue weighted by molar-refractivity contribution is 5.77. The molecule has 1 rings (SSSR count). The number of nitrogens with zero attached hydrogens (tertiary/aromatic N) is 1. The molecule has 0 amide bonds. The Morgan fingerprint density at radius 2 is 1.88 bits per heavy atom. The average molecular weight is 233 g/mol. The van der Waals surface area contributed by atoms with Crippen LogP contribution in [0.3, 0.4) is 0 Å². The smallest absolute Gasteiger partial charge is 0.150 e. The zero-order chi connectivity index (χ0) is 13.0. The van der Waals surface area contributed by atoms with Crippen molar-refractivity contribution in [2.45, 2.75) is 46.2 Å². The van der Waals surface area contributed by atoms with Gasteiger partial charge in [-0.3, -0.25) is 9.69 Å². The van der Waals surface area contributed by atoms with Gasteiger partial charge in [-0.1, -0.05) is 32.0 Å². The first-order chi connectivity index (χ1) is 7.95. The number of hydrogen-bond donors (Lipinski definition) is 0. The fraction of sp³-hybridized carbons (Fsp3) is 0.533. The Bertz CT molecular complexity index is 383. The minimum atomic E-state index is 0.484. The Hall–Kier alpha value is -1.15. The molecule has 0 atom stereocenters. The maximum absolute atomic E-state index is 11.0. The molecule has 2 heteroatoms. The molecule has 0 aromatic heterocycles. The summed E-state index contributed by atoms with van der Waals surface area (Å²) in [6.45, 7) is 9.49. The molecule has 0 N–H and O–H groups in total. The number of hydrogen-bond acceptors (Lipinski definition) is 2. The van der Waals surface area contributed by atoms with Crippen LogP contribution in [0.5, 0.6) is 0 Å². The standard InChI is InChI=1S/C15H23NO/c1-11(2)13-6-7-14(10-17)15(8-13)9-16(5)12(3)4/h6-8,10-12H,9H2,1-5H3. The van der Waals surface area contributed by atoms with Gasteiger partial charge in [0, 0.05) is 18.2 Å². The maximum atomic E-state index is 11.0. The minimum absolute atomic E-state index is 0.484. The molecule has 1 aromatic rings. The lowest BCUT2D eigenvalue weighted by molar-refractivity contribution is 0.112. The first-order valence-corrected chi connectivity index (χ1v) is 6.24. The summed E-state index contributed by atoms with van der Waals surface area (Å²) in [5, 5.41) is 0. The van der Waals surface area contributed by atoms with Crippen molar-refractivity contribution in [1.29, 1.82) is 0 Å². The normalized spacial score (nSPS) is 11.5. The van der Waals surface area contributed by atoms with E-state index in [9.17, 15) is 4.79 Å². The molecule has 94 valence electrons. The molecule has 0 aliphatic rings. The molecule has 0 aliphatic carbocycles. The van der Waals surface area contributed by atoms with E-state index in [0.29, 0.717) is 12.0 Å². The molecule has 0 fully saturated rings. The predicted molar refractivity (Wildman–Crippen MR) is 72.5 cm³/mol. The summed E-state index contributed by atoms with van der Waals surface area (Å²) in [4.78, 5) is 13.3. The number of aldehydes is 1. The highest BCUT2D eigenvalue weighted by Crippen LogP contribution is 2.19. The van der Waals surface area contributed by atoms with Crippen LogP contribution in [-0.2, 0) is 6.54 Å². The highest BCUT2D eigenvalue weighted by atomic mass is 16.1. The number of carbonyl (C=O) groups is 1. The summed E-state index contributed by atoms with van der Waals surface area (Å²) in [7, 11) is 2.08. The van der Waals surface area contributed by atoms with Crippen molar-refractivity contribution in [2.75, 3.05) is 7.05 Å². The van der Waals surface area contributed by atoms with Crippen LogP contribution in [-0.4, -0.2) is 24.3 Å². The monoisotopic (exact) mass is 233 g/mol. The van der Waals surface area contributed by atoms with Gasteiger partial charge in [-0.2, -0.15) is 0 Å². The predicted octanol–water partition coefficient (Wildman–Crippen LogP) is 3.46. The van der Waals surface area contributed by atoms with Crippen molar-refractivity contribution in [3.63, 3.8) is 0 Å². The third-order valence-corrected chi connectivity index (χ3v) is 3.26. The van der Waals surface area contributed by atoms with E-state index in [1.807, 2.05) is 12.1 Å². The Kier molecular flexibility index (Phi) is 4.88. The summed E-state index contributed by atoms with van der Waals surface area (Å²) in [5.74, 6) is 0.499. The van der Waals surface area contributed by atoms with E-state index in [-0.39, 0.29) is 0 Å². The molecular formula is C15H23NO. The number of carbonyl (C=O) groups excluding carboxylic acids is 1. The van der Waals surface area contributed by atoms with Crippen molar-refractivity contribution >= 4 is 6.29 Å². The molecular weight excluding hydrogens is 210 g/mol. The van der Waals surface area contributed by atoms with E-state index < -0.39 is 0 Å². The third-order valence-electron chi connectivity index (χ3n) is 3.26. The average Bonchev–Trinajstić information content (AvgIpc) is 2.28. The van der Waals surface area contributed by atoms with Gasteiger partial charge in [-0.15, -0.1) is 0 Å². The molecule has 0 spiro atoms. The molecule has 1 aromatic carbocycles. The van der Waals surface area contributed by atoms with Crippen molar-refractivity contribution in [2.24, 2.45) is 0 Å². The fourth-order valence-electron chi connectivity index (χ4n) is 1.69. The van der Waals surface area contributed by atoms with E-state index in [1.165, 1.54) is 5.56 Å². The van der Waals surface area contributed by atoms with Crippen molar-refractivity contribution in [1.82, 2.24) is 4.90 Å². The van der Waals surface area contributed by atoms with E-state index >= 15 is 0 Å². The molecule has 0 saturated heterocycles. The van der Waals surface area contributed by atoms with Gasteiger partial charge in [0.05, 0.1) is 0 Å². The lowest BCUT2D eigenvalue weighted by atomic mass is 9.97. The number of benzene rings is 1. The zero-order valence-electron chi connectivity index (χ0n) is 11.5. The second-order valence-electron chi connectivity index (χ2n) is 5.24. The Morgan fingerprint density at radius 1 is 1.24 bits per heavy atom. The van der Waals surface area contributed by atoms with Crippen molar-refractivity contribution in [3.8, 4) is 0 Å². The Balaban J connectivity index is 3.02. The van der Waals surface area contributed by atoms with Gasteiger partial charge in [0.25, 0.3) is 0 Å². The molecule has 0 heterocycles. The zero-order valence-corrected chi connectivity index (χ0v) is 11.5. The number of rotatable bonds is 5. The van der Waals surface area contributed by atoms with Crippen molar-refractivity contribution < 1.29 is 4.79 Å². The van der Waals surface area contributed by atoms with Crippen LogP contribution in [0.15, 0.2) is 18.2 Å². The molecule has 0 saturated carbocycles. The topological polar surface area (TPSA) is 20.3 Å². The Labute approximate surface area is 105 Å². The largest absolute Gasteiger partial charge is 0.300 e. The van der Waals surface area contributed by atoms with Gasteiger partial charge in [-0.05, 0) is 37.9 Å². The summed E-state index contributed by atoms with van der Waals surface area (Å²) in [6.07, 6.45) is 0.952. The van der Waals surface area contributed by atoms with Gasteiger partial charge >= 0.3 is 0 Å². The van der Waals surface area contributed by atoms with Crippen LogP contribution in [0.2, 0.25) is 0 Å². The second-order valence-corrected chi connectivity index (χ2v) is 5.24. The van der Waals surface area contributed by atoms with Gasteiger partial charge in [-0.25, -0.2) is 0 Å². The van der Waals surface area contributed by atoms with E-state index in [0.717, 1.165) is 24.0 Å². The quantitative estimate of drug-likeness (QED) is 0.726. The van der Waals surface area contributed by atoms with E-state index in [4.69, 9.17) is 0 Å². The molecule has 2 nitrogen and oxygen atoms in total. The molecule has 0 unspecified atom stereocenters. The summed E-state index contributed by atoms with van der Waals surface area (Å²) in [5.41, 5.74) is 3.23. The van der Waals surface area contributed by atoms with E-state index in [1.54, 1.807) is 0 Å². The van der Waals surface area contributed by atoms with Gasteiger partial charge in [0.1, 0.15) is 6.29 Å². The fourth-order valence-corrected chi connectivity index (χ4v) is 1.69. The molecule has 0 bridgehead atoms.